The van der Waals surface area contributed by atoms with Gasteiger partial charge in [-0.1, -0.05) is 0 Å². The van der Waals surface area contributed by atoms with Crippen LogP contribution in [0.15, 0.2) is 23.1 Å². The molecule has 3 aromatic heterocycles. The molecule has 0 fully saturated rings. The van der Waals surface area contributed by atoms with E-state index >= 15 is 0 Å². The summed E-state index contributed by atoms with van der Waals surface area (Å²) in [6.07, 6.45) is 1.62. The summed E-state index contributed by atoms with van der Waals surface area (Å²) in [5, 5.41) is 12.6. The van der Waals surface area contributed by atoms with Crippen LogP contribution in [-0.4, -0.2) is 27.7 Å². The van der Waals surface area contributed by atoms with Crippen molar-refractivity contribution in [1.29, 1.82) is 0 Å². The fourth-order valence-corrected chi connectivity index (χ4v) is 3.85. The quantitative estimate of drug-likeness (QED) is 0.545. The third-order valence-corrected chi connectivity index (χ3v) is 4.90. The summed E-state index contributed by atoms with van der Waals surface area (Å²) in [7, 11) is 2.84. The molecule has 110 valence electrons. The zero-order chi connectivity index (χ0) is 15.6. The Kier molecular flexibility index (Phi) is 2.47. The van der Waals surface area contributed by atoms with Crippen LogP contribution in [0.1, 0.15) is 9.67 Å². The molecule has 0 unspecified atom stereocenters. The second-order valence-electron chi connectivity index (χ2n) is 5.02. The molecule has 1 N–H and O–H groups in total. The number of rotatable bonds is 1. The van der Waals surface area contributed by atoms with Crippen molar-refractivity contribution >= 4 is 49.1 Å². The lowest BCUT2D eigenvalue weighted by Crippen LogP contribution is -2.09. The van der Waals surface area contributed by atoms with E-state index in [1.807, 2.05) is 0 Å². The predicted octanol–water partition coefficient (Wildman–Crippen LogP) is 2.23. The number of methoxy groups -OCH3 is 1. The molecule has 0 amide bonds. The van der Waals surface area contributed by atoms with Crippen molar-refractivity contribution in [3.05, 3.63) is 33.6 Å². The van der Waals surface area contributed by atoms with Crippen LogP contribution in [0.2, 0.25) is 0 Å². The number of aromatic hydroxyl groups is 1. The molecule has 0 aliphatic carbocycles. The minimum Gasteiger partial charge on any atom is -0.494 e. The first-order valence-corrected chi connectivity index (χ1v) is 7.29. The zero-order valence-corrected chi connectivity index (χ0v) is 12.5. The third-order valence-electron chi connectivity index (χ3n) is 3.86. The lowest BCUT2D eigenvalue weighted by Gasteiger charge is -2.03. The van der Waals surface area contributed by atoms with Crippen molar-refractivity contribution in [1.82, 2.24) is 9.55 Å². The fourth-order valence-electron chi connectivity index (χ4n) is 2.77. The first-order valence-electron chi connectivity index (χ1n) is 6.47. The van der Waals surface area contributed by atoms with Crippen LogP contribution in [0.25, 0.3) is 31.8 Å². The molecule has 0 radical (unpaired) electrons. The Hall–Kier alpha value is -2.67. The van der Waals surface area contributed by atoms with Crippen LogP contribution in [0, 0.1) is 0 Å². The highest BCUT2D eigenvalue weighted by Gasteiger charge is 2.20. The summed E-state index contributed by atoms with van der Waals surface area (Å²) >= 11 is 1.25. The molecule has 0 aliphatic heterocycles. The number of esters is 1. The second-order valence-corrected chi connectivity index (χ2v) is 6.11. The second kappa shape index (κ2) is 4.17. The predicted molar refractivity (Wildman–Crippen MR) is 84.1 cm³/mol. The van der Waals surface area contributed by atoms with E-state index in [4.69, 9.17) is 4.74 Å². The van der Waals surface area contributed by atoms with E-state index in [1.54, 1.807) is 18.3 Å². The smallest absolute Gasteiger partial charge is 0.348 e. The third kappa shape index (κ3) is 1.46. The van der Waals surface area contributed by atoms with Crippen molar-refractivity contribution in [3.8, 4) is 5.88 Å². The highest BCUT2D eigenvalue weighted by Crippen LogP contribution is 2.38. The maximum Gasteiger partial charge on any atom is 0.348 e. The topological polar surface area (TPSA) is 81.4 Å². The molecule has 4 aromatic rings. The average molecular weight is 314 g/mol. The fraction of sp³-hybridized carbons (Fsp3) is 0.133. The number of carbonyl (C=O) groups excluding carboxylic acids is 1. The van der Waals surface area contributed by atoms with Gasteiger partial charge in [-0.15, -0.1) is 11.3 Å². The van der Waals surface area contributed by atoms with Gasteiger partial charge in [0, 0.05) is 28.7 Å². The highest BCUT2D eigenvalue weighted by molar-refractivity contribution is 7.20. The lowest BCUT2D eigenvalue weighted by molar-refractivity contribution is 0.0606. The van der Waals surface area contributed by atoms with E-state index in [0.717, 1.165) is 15.5 Å². The normalized spacial score (nSPS) is 11.7. The minimum atomic E-state index is -0.424. The zero-order valence-electron chi connectivity index (χ0n) is 11.7. The van der Waals surface area contributed by atoms with Gasteiger partial charge in [-0.2, -0.15) is 0 Å². The van der Waals surface area contributed by atoms with Gasteiger partial charge in [-0.25, -0.2) is 4.79 Å². The molecule has 0 bridgehead atoms. The van der Waals surface area contributed by atoms with E-state index in [-0.39, 0.29) is 11.4 Å². The summed E-state index contributed by atoms with van der Waals surface area (Å²) in [5.41, 5.74) is 0.271. The molecule has 4 rings (SSSR count). The molecule has 1 aromatic carbocycles. The van der Waals surface area contributed by atoms with Gasteiger partial charge in [0.2, 0.25) is 5.88 Å². The van der Waals surface area contributed by atoms with Crippen LogP contribution in [-0.2, 0) is 11.8 Å². The molecule has 0 atom stereocenters. The maximum atomic E-state index is 12.3. The summed E-state index contributed by atoms with van der Waals surface area (Å²) in [6, 6.07) is 3.43. The lowest BCUT2D eigenvalue weighted by atomic mass is 10.1. The monoisotopic (exact) mass is 314 g/mol. The van der Waals surface area contributed by atoms with E-state index < -0.39 is 5.97 Å². The summed E-state index contributed by atoms with van der Waals surface area (Å²) < 4.78 is 6.73. The summed E-state index contributed by atoms with van der Waals surface area (Å²) in [6.45, 7) is 0. The highest BCUT2D eigenvalue weighted by atomic mass is 32.1. The van der Waals surface area contributed by atoms with Crippen molar-refractivity contribution in [2.24, 2.45) is 7.05 Å². The van der Waals surface area contributed by atoms with Crippen LogP contribution in [0.3, 0.4) is 0 Å². The number of ether oxygens (including phenoxy) is 1. The van der Waals surface area contributed by atoms with E-state index in [2.05, 4.69) is 4.98 Å². The summed E-state index contributed by atoms with van der Waals surface area (Å²) in [5.74, 6) is -0.524. The number of fused-ring (bicyclic) bond motifs is 2. The van der Waals surface area contributed by atoms with Gasteiger partial charge in [0.1, 0.15) is 4.88 Å². The molecule has 0 spiro atoms. The van der Waals surface area contributed by atoms with E-state index in [9.17, 15) is 14.7 Å². The Morgan fingerprint density at radius 1 is 1.36 bits per heavy atom. The average Bonchev–Trinajstić information content (AvgIpc) is 3.04. The van der Waals surface area contributed by atoms with Crippen molar-refractivity contribution in [2.45, 2.75) is 0 Å². The number of carbonyl (C=O) groups is 1. The van der Waals surface area contributed by atoms with Crippen LogP contribution in [0.5, 0.6) is 5.88 Å². The number of aromatic nitrogens is 2. The Balaban J connectivity index is 2.25. The Bertz CT molecular complexity index is 1130. The molecule has 22 heavy (non-hydrogen) atoms. The first kappa shape index (κ1) is 13.0. The number of nitrogens with zero attached hydrogens (tertiary/aromatic N) is 2. The van der Waals surface area contributed by atoms with Gasteiger partial charge in [0.25, 0.3) is 5.56 Å². The van der Waals surface area contributed by atoms with Gasteiger partial charge in [-0.05, 0) is 12.1 Å². The maximum absolute atomic E-state index is 12.3. The Labute approximate surface area is 127 Å². The van der Waals surface area contributed by atoms with Crippen molar-refractivity contribution in [3.63, 3.8) is 0 Å². The summed E-state index contributed by atoms with van der Waals surface area (Å²) in [4.78, 5) is 28.8. The molecule has 0 saturated heterocycles. The van der Waals surface area contributed by atoms with Crippen molar-refractivity contribution < 1.29 is 14.6 Å². The van der Waals surface area contributed by atoms with Crippen LogP contribution >= 0.6 is 11.3 Å². The van der Waals surface area contributed by atoms with E-state index in [0.29, 0.717) is 21.2 Å². The molecular weight excluding hydrogens is 304 g/mol. The molecule has 3 heterocycles. The van der Waals surface area contributed by atoms with Gasteiger partial charge in [0.15, 0.2) is 0 Å². The van der Waals surface area contributed by atoms with Gasteiger partial charge < -0.3 is 9.84 Å². The molecule has 0 aliphatic rings. The first-order chi connectivity index (χ1) is 10.5. The van der Waals surface area contributed by atoms with Crippen LogP contribution in [0.4, 0.5) is 0 Å². The molecule has 0 saturated carbocycles. The largest absolute Gasteiger partial charge is 0.494 e. The Morgan fingerprint density at radius 2 is 2.14 bits per heavy atom. The molecule has 6 nitrogen and oxygen atoms in total. The van der Waals surface area contributed by atoms with Crippen molar-refractivity contribution in [2.75, 3.05) is 7.11 Å². The van der Waals surface area contributed by atoms with Gasteiger partial charge in [0.05, 0.1) is 23.4 Å². The van der Waals surface area contributed by atoms with E-state index in [1.165, 1.54) is 30.1 Å². The van der Waals surface area contributed by atoms with Crippen LogP contribution < -0.4 is 5.56 Å². The number of hydrogen-bond donors (Lipinski definition) is 1. The SMILES string of the molecule is COC(=O)c1cc2cnc3c4c(=O)n(C)c(O)c4cc(s1)c23. The number of hydrogen-bond acceptors (Lipinski definition) is 6. The molecular formula is C15H10N2O4S. The standard InChI is InChI=1S/C15H10N2O4S/c1-17-13(18)7-4-8-10-6(3-9(22-8)15(20)21-2)5-16-12(10)11(7)14(17)19/h3-5,18H,1-2H3. The minimum absolute atomic E-state index is 0.0996. The van der Waals surface area contributed by atoms with Gasteiger partial charge >= 0.3 is 5.97 Å². The van der Waals surface area contributed by atoms with Gasteiger partial charge in [-0.3, -0.25) is 14.3 Å². The Morgan fingerprint density at radius 3 is 2.86 bits per heavy atom. The molecule has 7 heteroatoms. The number of benzene rings is 1.